The van der Waals surface area contributed by atoms with Crippen molar-refractivity contribution in [3.8, 4) is 0 Å². The molecule has 0 aromatic heterocycles. The fourth-order valence-corrected chi connectivity index (χ4v) is 1.31. The number of amidine groups is 1. The Morgan fingerprint density at radius 3 is 2.86 bits per heavy atom. The van der Waals surface area contributed by atoms with Crippen LogP contribution in [0.15, 0.2) is 29.3 Å². The van der Waals surface area contributed by atoms with E-state index in [4.69, 9.17) is 0 Å². The van der Waals surface area contributed by atoms with Crippen LogP contribution in [0.4, 0.5) is 0 Å². The Morgan fingerprint density at radius 2 is 2.21 bits per heavy atom. The van der Waals surface area contributed by atoms with Gasteiger partial charge in [-0.2, -0.15) is 0 Å². The number of hydrogen-bond donors (Lipinski definition) is 2. The van der Waals surface area contributed by atoms with Crippen molar-refractivity contribution >= 4 is 11.7 Å². The lowest BCUT2D eigenvalue weighted by Gasteiger charge is -2.15. The molecule has 2 N–H and O–H groups in total. The number of rotatable bonds is 1. The summed E-state index contributed by atoms with van der Waals surface area (Å²) in [6.07, 6.45) is 0. The van der Waals surface area contributed by atoms with Crippen LogP contribution in [-0.4, -0.2) is 18.3 Å². The Labute approximate surface area is 82.0 Å². The Hall–Kier alpha value is -1.84. The molecule has 1 aromatic carbocycles. The van der Waals surface area contributed by atoms with Crippen LogP contribution in [0, 0.1) is 6.92 Å². The minimum absolute atomic E-state index is 0.110. The Balaban J connectivity index is 2.27. The molecule has 0 atom stereocenters. The highest BCUT2D eigenvalue weighted by atomic mass is 16.2. The molecule has 4 heteroatoms. The second-order valence-electron chi connectivity index (χ2n) is 3.21. The highest BCUT2D eigenvalue weighted by Crippen LogP contribution is 2.05. The first-order valence-corrected chi connectivity index (χ1v) is 4.42. The molecule has 0 aliphatic carbocycles. The molecule has 0 fully saturated rings. The number of benzene rings is 1. The van der Waals surface area contributed by atoms with Crippen molar-refractivity contribution in [1.82, 2.24) is 10.9 Å². The zero-order chi connectivity index (χ0) is 9.97. The third-order valence-corrected chi connectivity index (χ3v) is 1.99. The van der Waals surface area contributed by atoms with Crippen LogP contribution in [0.5, 0.6) is 0 Å². The second kappa shape index (κ2) is 3.49. The van der Waals surface area contributed by atoms with E-state index in [1.807, 2.05) is 31.2 Å². The van der Waals surface area contributed by atoms with E-state index in [1.54, 1.807) is 0 Å². The van der Waals surface area contributed by atoms with E-state index in [-0.39, 0.29) is 12.5 Å². The summed E-state index contributed by atoms with van der Waals surface area (Å²) in [6.45, 7) is 2.21. The molecule has 1 heterocycles. The maximum atomic E-state index is 10.8. The van der Waals surface area contributed by atoms with Crippen molar-refractivity contribution in [1.29, 1.82) is 0 Å². The summed E-state index contributed by atoms with van der Waals surface area (Å²) in [5, 5.41) is 0. The fraction of sp³-hybridized carbons (Fsp3) is 0.200. The van der Waals surface area contributed by atoms with Gasteiger partial charge < -0.3 is 0 Å². The lowest BCUT2D eigenvalue weighted by Crippen LogP contribution is -2.47. The molecule has 2 rings (SSSR count). The average Bonchev–Trinajstić information content (AvgIpc) is 2.19. The van der Waals surface area contributed by atoms with Gasteiger partial charge in [-0.1, -0.05) is 23.8 Å². The Morgan fingerprint density at radius 1 is 1.36 bits per heavy atom. The molecule has 0 saturated carbocycles. The van der Waals surface area contributed by atoms with E-state index in [0.717, 1.165) is 5.56 Å². The molecule has 1 aliphatic heterocycles. The highest BCUT2D eigenvalue weighted by molar-refractivity contribution is 6.02. The van der Waals surface area contributed by atoms with Crippen molar-refractivity contribution in [3.05, 3.63) is 35.4 Å². The van der Waals surface area contributed by atoms with Crippen molar-refractivity contribution in [2.45, 2.75) is 6.92 Å². The second-order valence-corrected chi connectivity index (χ2v) is 3.21. The molecule has 1 amide bonds. The summed E-state index contributed by atoms with van der Waals surface area (Å²) in [5.41, 5.74) is 7.45. The largest absolute Gasteiger partial charge is 0.282 e. The van der Waals surface area contributed by atoms with Gasteiger partial charge in [-0.25, -0.2) is 0 Å². The number of hydrazine groups is 1. The lowest BCUT2D eigenvalue weighted by molar-refractivity contribution is -0.120. The first-order valence-electron chi connectivity index (χ1n) is 4.42. The topological polar surface area (TPSA) is 53.5 Å². The summed E-state index contributed by atoms with van der Waals surface area (Å²) < 4.78 is 0. The summed E-state index contributed by atoms with van der Waals surface area (Å²) in [7, 11) is 0. The molecule has 0 saturated heterocycles. The minimum Gasteiger partial charge on any atom is -0.282 e. The number of hydrogen-bond acceptors (Lipinski definition) is 3. The van der Waals surface area contributed by atoms with Crippen LogP contribution < -0.4 is 10.9 Å². The quantitative estimate of drug-likeness (QED) is 0.671. The molecule has 0 unspecified atom stereocenters. The molecule has 14 heavy (non-hydrogen) atoms. The van der Waals surface area contributed by atoms with Gasteiger partial charge in [0.1, 0.15) is 12.4 Å². The van der Waals surface area contributed by atoms with Gasteiger partial charge in [0.15, 0.2) is 0 Å². The lowest BCUT2D eigenvalue weighted by atomic mass is 10.1. The Kier molecular flexibility index (Phi) is 2.18. The van der Waals surface area contributed by atoms with E-state index >= 15 is 0 Å². The van der Waals surface area contributed by atoms with Gasteiger partial charge in [0.25, 0.3) is 5.91 Å². The average molecular weight is 189 g/mol. The van der Waals surface area contributed by atoms with Crippen molar-refractivity contribution in [3.63, 3.8) is 0 Å². The monoisotopic (exact) mass is 189 g/mol. The van der Waals surface area contributed by atoms with Gasteiger partial charge in [0.2, 0.25) is 0 Å². The van der Waals surface area contributed by atoms with Crippen LogP contribution in [0.1, 0.15) is 11.1 Å². The first-order chi connectivity index (χ1) is 6.75. The highest BCUT2D eigenvalue weighted by Gasteiger charge is 2.10. The molecule has 0 spiro atoms. The Bertz CT molecular complexity index is 398. The summed E-state index contributed by atoms with van der Waals surface area (Å²) >= 11 is 0. The van der Waals surface area contributed by atoms with Crippen LogP contribution in [0.25, 0.3) is 0 Å². The number of aliphatic imine (C=N–C) groups is 1. The van der Waals surface area contributed by atoms with E-state index in [0.29, 0.717) is 5.84 Å². The van der Waals surface area contributed by atoms with Gasteiger partial charge >= 0.3 is 0 Å². The minimum atomic E-state index is -0.110. The van der Waals surface area contributed by atoms with Gasteiger partial charge in [-0.05, 0) is 13.0 Å². The van der Waals surface area contributed by atoms with Crippen LogP contribution in [-0.2, 0) is 4.79 Å². The van der Waals surface area contributed by atoms with E-state index < -0.39 is 0 Å². The maximum Gasteiger partial charge on any atom is 0.260 e. The summed E-state index contributed by atoms with van der Waals surface area (Å²) in [5.74, 6) is 0.606. The van der Waals surface area contributed by atoms with Crippen molar-refractivity contribution in [2.75, 3.05) is 6.54 Å². The number of aryl methyl sites for hydroxylation is 1. The van der Waals surface area contributed by atoms with E-state index in [1.165, 1.54) is 5.56 Å². The first kappa shape index (κ1) is 8.74. The number of carbonyl (C=O) groups is 1. The zero-order valence-electron chi connectivity index (χ0n) is 7.87. The van der Waals surface area contributed by atoms with Crippen molar-refractivity contribution < 1.29 is 4.79 Å². The van der Waals surface area contributed by atoms with E-state index in [2.05, 4.69) is 15.8 Å². The van der Waals surface area contributed by atoms with Gasteiger partial charge in [-0.3, -0.25) is 20.6 Å². The van der Waals surface area contributed by atoms with Gasteiger partial charge in [-0.15, -0.1) is 0 Å². The third-order valence-electron chi connectivity index (χ3n) is 1.99. The number of nitrogens with zero attached hydrogens (tertiary/aromatic N) is 1. The zero-order valence-corrected chi connectivity index (χ0v) is 7.87. The third kappa shape index (κ3) is 1.74. The molecular formula is C10H11N3O. The number of nitrogens with one attached hydrogen (secondary N) is 2. The normalized spacial score (nSPS) is 15.5. The molecular weight excluding hydrogens is 178 g/mol. The van der Waals surface area contributed by atoms with Crippen molar-refractivity contribution in [2.24, 2.45) is 4.99 Å². The molecule has 72 valence electrons. The number of amides is 1. The predicted octanol–water partition coefficient (Wildman–Crippen LogP) is 0.376. The van der Waals surface area contributed by atoms with Gasteiger partial charge in [0, 0.05) is 5.56 Å². The molecule has 0 radical (unpaired) electrons. The van der Waals surface area contributed by atoms with Crippen LogP contribution >= 0.6 is 0 Å². The maximum absolute atomic E-state index is 10.8. The smallest absolute Gasteiger partial charge is 0.260 e. The van der Waals surface area contributed by atoms with Crippen LogP contribution in [0.3, 0.4) is 0 Å². The van der Waals surface area contributed by atoms with Gasteiger partial charge in [0.05, 0.1) is 0 Å². The summed E-state index contributed by atoms with van der Waals surface area (Å²) in [6, 6.07) is 7.95. The van der Waals surface area contributed by atoms with Crippen LogP contribution in [0.2, 0.25) is 0 Å². The molecule has 4 nitrogen and oxygen atoms in total. The van der Waals surface area contributed by atoms with E-state index in [9.17, 15) is 4.79 Å². The molecule has 1 aliphatic rings. The number of carbonyl (C=O) groups excluding carboxylic acids is 1. The molecule has 1 aromatic rings. The summed E-state index contributed by atoms with van der Waals surface area (Å²) in [4.78, 5) is 14.9. The molecule has 0 bridgehead atoms. The fourth-order valence-electron chi connectivity index (χ4n) is 1.31. The SMILES string of the molecule is Cc1cccc(C2=NCC(=O)NN2)c1. The predicted molar refractivity (Wildman–Crippen MR) is 53.9 cm³/mol. The standard InChI is InChI=1S/C10H11N3O/c1-7-3-2-4-8(5-7)10-11-6-9(14)12-13-10/h2-5H,6H2,1H3,(H,11,13)(H,12,14).